The minimum atomic E-state index is -0.628. The molecule has 11 rings (SSSR count). The van der Waals surface area contributed by atoms with E-state index in [0.29, 0.717) is 30.5 Å². The molecule has 3 aliphatic carbocycles. The number of aromatic amines is 1. The third kappa shape index (κ3) is 7.05. The lowest BCUT2D eigenvalue weighted by molar-refractivity contribution is -0.143. The minimum absolute atomic E-state index is 0.0234. The Morgan fingerprint density at radius 2 is 1.69 bits per heavy atom. The van der Waals surface area contributed by atoms with Crippen molar-refractivity contribution >= 4 is 34.4 Å². The normalized spacial score (nSPS) is 28.9. The number of aromatic nitrogens is 4. The van der Waals surface area contributed by atoms with Crippen LogP contribution in [0.5, 0.6) is 5.75 Å². The van der Waals surface area contributed by atoms with Gasteiger partial charge in [-0.2, -0.15) is 5.10 Å². The number of amides is 3. The van der Waals surface area contributed by atoms with Crippen LogP contribution in [0.1, 0.15) is 84.5 Å². The zero-order valence-electron chi connectivity index (χ0n) is 35.6. The number of hydrogen-bond acceptors (Lipinski definition) is 12. The Morgan fingerprint density at radius 3 is 2.43 bits per heavy atom. The number of carbonyl (C=O) groups excluding carboxylic acids is 3. The highest BCUT2D eigenvalue weighted by Gasteiger charge is 2.51. The fraction of sp³-hybridized carbons (Fsp3) is 0.609. The van der Waals surface area contributed by atoms with Crippen molar-refractivity contribution in [3.05, 3.63) is 53.2 Å². The Hall–Kier alpha value is -5.02. The molecule has 322 valence electrons. The second-order valence-electron chi connectivity index (χ2n) is 19.4. The number of H-pyrrole nitrogens is 1. The van der Waals surface area contributed by atoms with Gasteiger partial charge in [0.15, 0.2) is 0 Å². The number of piperidine rings is 3. The number of fused-ring (bicyclic) bond motifs is 1. The van der Waals surface area contributed by atoms with E-state index in [0.717, 1.165) is 128 Å². The van der Waals surface area contributed by atoms with Crippen molar-refractivity contribution in [3.63, 3.8) is 0 Å². The highest BCUT2D eigenvalue weighted by molar-refractivity contribution is 6.05. The molecule has 7 heterocycles. The van der Waals surface area contributed by atoms with E-state index in [1.54, 1.807) is 18.3 Å². The van der Waals surface area contributed by atoms with Crippen LogP contribution in [0.3, 0.4) is 0 Å². The molecule has 6 fully saturated rings. The van der Waals surface area contributed by atoms with Crippen LogP contribution in [-0.4, -0.2) is 135 Å². The van der Waals surface area contributed by atoms with Crippen molar-refractivity contribution < 1.29 is 28.6 Å². The highest BCUT2D eigenvalue weighted by atomic mass is 16.5. The van der Waals surface area contributed by atoms with Crippen LogP contribution < -0.4 is 15.0 Å². The van der Waals surface area contributed by atoms with Crippen molar-refractivity contribution in [2.75, 3.05) is 57.8 Å². The first-order valence-corrected chi connectivity index (χ1v) is 22.6. The first kappa shape index (κ1) is 38.9. The molecule has 2 N–H and O–H groups in total. The number of methoxy groups -OCH3 is 1. The smallest absolute Gasteiger partial charge is 0.251 e. The summed E-state index contributed by atoms with van der Waals surface area (Å²) in [6.07, 6.45) is 12.3. The van der Waals surface area contributed by atoms with E-state index in [-0.39, 0.29) is 41.8 Å². The summed E-state index contributed by atoms with van der Waals surface area (Å²) in [4.78, 5) is 56.6. The molecule has 5 aliphatic heterocycles. The maximum atomic E-state index is 13.6. The van der Waals surface area contributed by atoms with Gasteiger partial charge in [0.25, 0.3) is 5.91 Å². The Balaban J connectivity index is 0.639. The molecule has 2 saturated carbocycles. The second-order valence-corrected chi connectivity index (χ2v) is 19.4. The molecule has 15 heteroatoms. The summed E-state index contributed by atoms with van der Waals surface area (Å²) in [5.74, 6) is 1.87. The van der Waals surface area contributed by atoms with Crippen LogP contribution in [0.4, 0.5) is 5.82 Å². The van der Waals surface area contributed by atoms with Crippen LogP contribution >= 0.6 is 0 Å². The zero-order chi connectivity index (χ0) is 41.6. The summed E-state index contributed by atoms with van der Waals surface area (Å²) in [5.41, 5.74) is 5.78. The Morgan fingerprint density at radius 1 is 0.902 bits per heavy atom. The monoisotopic (exact) mass is 831 g/mol. The summed E-state index contributed by atoms with van der Waals surface area (Å²) in [7, 11) is 1.68. The van der Waals surface area contributed by atoms with E-state index in [2.05, 4.69) is 61.2 Å². The van der Waals surface area contributed by atoms with E-state index in [9.17, 15) is 14.4 Å². The topological polar surface area (TPSA) is 158 Å². The van der Waals surface area contributed by atoms with Gasteiger partial charge in [-0.3, -0.25) is 29.7 Å². The van der Waals surface area contributed by atoms with Gasteiger partial charge in [-0.1, -0.05) is 6.92 Å². The number of nitrogens with one attached hydrogen (secondary N) is 2. The fourth-order valence-electron chi connectivity index (χ4n) is 11.3. The number of imide groups is 1. The van der Waals surface area contributed by atoms with E-state index < -0.39 is 6.04 Å². The summed E-state index contributed by atoms with van der Waals surface area (Å²) in [5, 5.41) is 11.2. The number of nitrogens with zero attached hydrogens (tertiary/aromatic N) is 7. The van der Waals surface area contributed by atoms with Gasteiger partial charge in [0.1, 0.15) is 41.0 Å². The number of allylic oxidation sites excluding steroid dienone is 1. The van der Waals surface area contributed by atoms with Crippen LogP contribution in [0.15, 0.2) is 53.2 Å². The molecule has 4 saturated heterocycles. The first-order chi connectivity index (χ1) is 29.5. The predicted molar refractivity (Wildman–Crippen MR) is 226 cm³/mol. The van der Waals surface area contributed by atoms with Gasteiger partial charge in [0.2, 0.25) is 11.8 Å². The van der Waals surface area contributed by atoms with Crippen LogP contribution in [0, 0.1) is 11.3 Å². The number of rotatable bonds is 10. The van der Waals surface area contributed by atoms with Gasteiger partial charge in [0, 0.05) is 74.3 Å². The van der Waals surface area contributed by atoms with Crippen molar-refractivity contribution in [2.45, 2.75) is 114 Å². The third-order valence-corrected chi connectivity index (χ3v) is 15.2. The number of carbonyl (C=O) groups is 3. The molecule has 0 bridgehead atoms. The Bertz CT molecular complexity index is 2320. The Labute approximate surface area is 356 Å². The van der Waals surface area contributed by atoms with Crippen LogP contribution in [0.2, 0.25) is 0 Å². The molecule has 2 atom stereocenters. The lowest BCUT2D eigenvalue weighted by Crippen LogP contribution is -2.66. The first-order valence-electron chi connectivity index (χ1n) is 22.6. The van der Waals surface area contributed by atoms with E-state index >= 15 is 0 Å². The lowest BCUT2D eigenvalue weighted by Gasteiger charge is -2.59. The van der Waals surface area contributed by atoms with E-state index in [1.807, 2.05) is 12.1 Å². The molecular weight excluding hydrogens is 775 g/mol. The quantitative estimate of drug-likeness (QED) is 0.272. The SMILES string of the molecule is COC1=C(N2CCC(OC3CC(N4CC5(CCN(c6cc(-c7n[nH]c8ccc(OC9(C)CC9)cc78)ncn6)CC5)C4)C3)CC2)CC(C)C2=C1CN(C1CCC(=O)NC1=O)C2=O. The molecule has 3 aromatic rings. The number of ether oxygens (including phenoxy) is 3. The fourth-order valence-corrected chi connectivity index (χ4v) is 11.3. The average Bonchev–Trinajstić information content (AvgIpc) is 3.64. The van der Waals surface area contributed by atoms with Gasteiger partial charge in [0.05, 0.1) is 42.8 Å². The van der Waals surface area contributed by atoms with Gasteiger partial charge < -0.3 is 28.9 Å². The third-order valence-electron chi connectivity index (χ3n) is 15.2. The number of benzene rings is 1. The Kier molecular flexibility index (Phi) is 9.44. The maximum absolute atomic E-state index is 13.6. The minimum Gasteiger partial charge on any atom is -0.495 e. The van der Waals surface area contributed by atoms with E-state index in [1.165, 1.54) is 25.9 Å². The molecule has 1 aromatic carbocycles. The van der Waals surface area contributed by atoms with Gasteiger partial charge in [-0.15, -0.1) is 0 Å². The zero-order valence-corrected chi connectivity index (χ0v) is 35.6. The standard InChI is InChI=1S/C46H57N9O6/c1-27-18-37(42(59-3)33-23-55(44(58)40(27)33)36-6-7-39(56)49-43(36)57)52-14-8-29(9-15-52)60-31-19-28(20-31)54-24-46(25-54)12-16-53(17-13-46)38-22-35(47-26-48-38)41-32-21-30(61-45(2)10-11-45)4-5-34(32)50-51-41/h4-5,21-22,26-29,31,36H,6-20,23-25H2,1-3H3,(H,50,51)(H,49,56,57). The summed E-state index contributed by atoms with van der Waals surface area (Å²) >= 11 is 0. The predicted octanol–water partition coefficient (Wildman–Crippen LogP) is 4.71. The average molecular weight is 832 g/mol. The summed E-state index contributed by atoms with van der Waals surface area (Å²) < 4.78 is 19.0. The summed E-state index contributed by atoms with van der Waals surface area (Å²) in [6.45, 7) is 10.7. The molecule has 3 amide bonds. The number of anilines is 1. The summed E-state index contributed by atoms with van der Waals surface area (Å²) in [6, 6.07) is 8.21. The van der Waals surface area contributed by atoms with E-state index in [4.69, 9.17) is 19.2 Å². The van der Waals surface area contributed by atoms with Crippen molar-refractivity contribution in [1.82, 2.24) is 40.2 Å². The molecular formula is C46H57N9O6. The molecule has 8 aliphatic rings. The van der Waals surface area contributed by atoms with Gasteiger partial charge in [-0.25, -0.2) is 9.97 Å². The van der Waals surface area contributed by atoms with Crippen LogP contribution in [0.25, 0.3) is 22.3 Å². The van der Waals surface area contributed by atoms with Crippen molar-refractivity contribution in [2.24, 2.45) is 11.3 Å². The molecule has 0 radical (unpaired) electrons. The number of likely N-dealkylation sites (tertiary alicyclic amines) is 2. The number of hydrogen-bond donors (Lipinski definition) is 2. The highest BCUT2D eigenvalue weighted by Crippen LogP contribution is 2.47. The van der Waals surface area contributed by atoms with Crippen LogP contribution in [-0.2, 0) is 23.9 Å². The molecule has 15 nitrogen and oxygen atoms in total. The maximum Gasteiger partial charge on any atom is 0.251 e. The van der Waals surface area contributed by atoms with Gasteiger partial charge in [-0.05, 0) is 101 Å². The molecule has 2 unspecified atom stereocenters. The molecule has 61 heavy (non-hydrogen) atoms. The largest absolute Gasteiger partial charge is 0.495 e. The molecule has 1 spiro atoms. The molecule has 2 aromatic heterocycles. The van der Waals surface area contributed by atoms with Gasteiger partial charge >= 0.3 is 0 Å². The second kappa shape index (κ2) is 14.8. The lowest BCUT2D eigenvalue weighted by atomic mass is 9.69. The van der Waals surface area contributed by atoms with Crippen molar-refractivity contribution in [3.8, 4) is 17.1 Å². The van der Waals surface area contributed by atoms with Crippen molar-refractivity contribution in [1.29, 1.82) is 0 Å².